The summed E-state index contributed by atoms with van der Waals surface area (Å²) in [6.07, 6.45) is 31.8. The van der Waals surface area contributed by atoms with E-state index in [1.807, 2.05) is 0 Å². The van der Waals surface area contributed by atoms with Crippen molar-refractivity contribution in [2.75, 3.05) is 0 Å². The molecule has 268 valence electrons. The van der Waals surface area contributed by atoms with E-state index in [9.17, 15) is 24.9 Å². The average molecular weight is 637 g/mol. The highest BCUT2D eigenvalue weighted by atomic mass is 16.4. The normalized spacial score (nSPS) is 12.8. The number of hydrogen-bond acceptors (Lipinski definition) is 5. The van der Waals surface area contributed by atoms with Gasteiger partial charge in [0.1, 0.15) is 6.10 Å². The van der Waals surface area contributed by atoms with Gasteiger partial charge >= 0.3 is 0 Å². The first-order valence-electron chi connectivity index (χ1n) is 19.7. The molecule has 0 aromatic heterocycles. The van der Waals surface area contributed by atoms with Gasteiger partial charge < -0.3 is 24.9 Å². The Hall–Kier alpha value is -1.10. The highest BCUT2D eigenvalue weighted by Crippen LogP contribution is 2.35. The van der Waals surface area contributed by atoms with Crippen molar-refractivity contribution in [2.24, 2.45) is 17.3 Å². The number of aliphatic hydroxyl groups is 1. The zero-order chi connectivity index (χ0) is 33.6. The zero-order valence-corrected chi connectivity index (χ0v) is 30.5. The fourth-order valence-corrected chi connectivity index (χ4v) is 6.81. The lowest BCUT2D eigenvalue weighted by Gasteiger charge is -2.40. The maximum atomic E-state index is 12.2. The molecule has 0 amide bonds. The third kappa shape index (κ3) is 25.6. The Morgan fingerprint density at radius 3 is 0.867 bits per heavy atom. The summed E-state index contributed by atoms with van der Waals surface area (Å²) in [4.78, 5) is 23.7. The van der Waals surface area contributed by atoms with E-state index in [0.717, 1.165) is 50.4 Å². The third-order valence-corrected chi connectivity index (χ3v) is 9.96. The minimum atomic E-state index is -2.02. The monoisotopic (exact) mass is 637 g/mol. The molecule has 45 heavy (non-hydrogen) atoms. The molecule has 5 heteroatoms. The molecule has 0 aromatic rings. The van der Waals surface area contributed by atoms with Gasteiger partial charge in [-0.2, -0.15) is 0 Å². The van der Waals surface area contributed by atoms with E-state index in [1.165, 1.54) is 128 Å². The standard InChI is InChI=1S/C40H78O5/c1-35(2)31-27-23-19-15-11-7-5-9-13-17-21-25-29-33-40(39(44)45,37(41)38(42)43)34-30-26-22-18-14-10-6-8-12-16-20-24-28-32-36(3)4/h35-37,41H,5-34H2,1-4H3,(H,42,43)(H,44,45)/p-2. The lowest BCUT2D eigenvalue weighted by molar-refractivity contribution is -0.340. The number of carboxylic acids is 2. The van der Waals surface area contributed by atoms with Gasteiger partial charge in [0.2, 0.25) is 0 Å². The van der Waals surface area contributed by atoms with Crippen LogP contribution < -0.4 is 10.2 Å². The first-order chi connectivity index (χ1) is 21.6. The lowest BCUT2D eigenvalue weighted by atomic mass is 9.73. The Balaban J connectivity index is 4.02. The van der Waals surface area contributed by atoms with Crippen LogP contribution in [-0.2, 0) is 9.59 Å². The Bertz CT molecular complexity index is 636. The average Bonchev–Trinajstić information content (AvgIpc) is 2.99. The van der Waals surface area contributed by atoms with Crippen LogP contribution in [0.5, 0.6) is 0 Å². The van der Waals surface area contributed by atoms with Gasteiger partial charge in [-0.25, -0.2) is 0 Å². The second kappa shape index (κ2) is 30.2. The van der Waals surface area contributed by atoms with Gasteiger partial charge in [-0.15, -0.1) is 0 Å². The number of aliphatic carboxylic acids is 2. The van der Waals surface area contributed by atoms with E-state index in [-0.39, 0.29) is 12.8 Å². The molecule has 0 saturated carbocycles. The maximum Gasteiger partial charge on any atom is 0.104 e. The minimum absolute atomic E-state index is 0.138. The third-order valence-electron chi connectivity index (χ3n) is 9.96. The first-order valence-corrected chi connectivity index (χ1v) is 19.7. The summed E-state index contributed by atoms with van der Waals surface area (Å²) in [5.41, 5.74) is -1.75. The van der Waals surface area contributed by atoms with Crippen LogP contribution in [0.4, 0.5) is 0 Å². The van der Waals surface area contributed by atoms with Crippen molar-refractivity contribution in [3.05, 3.63) is 0 Å². The highest BCUT2D eigenvalue weighted by Gasteiger charge is 2.39. The summed E-state index contributed by atoms with van der Waals surface area (Å²) in [5, 5.41) is 34.1. The minimum Gasteiger partial charge on any atom is -0.549 e. The SMILES string of the molecule is CC(C)CCCCCCCCCCCCCCCC(CCCCCCCCCCCCCCCC(C)C)(C(=O)[O-])C(O)C(=O)[O-]. The number of unbranched alkanes of at least 4 members (excludes halogenated alkanes) is 24. The van der Waals surface area contributed by atoms with Crippen LogP contribution in [0.3, 0.4) is 0 Å². The van der Waals surface area contributed by atoms with E-state index in [4.69, 9.17) is 0 Å². The molecular weight excluding hydrogens is 560 g/mol. The number of carboxylic acid groups (broad SMARTS) is 2. The van der Waals surface area contributed by atoms with E-state index in [0.29, 0.717) is 12.8 Å². The van der Waals surface area contributed by atoms with Crippen LogP contribution in [-0.4, -0.2) is 23.1 Å². The van der Waals surface area contributed by atoms with Crippen molar-refractivity contribution in [3.8, 4) is 0 Å². The van der Waals surface area contributed by atoms with Crippen molar-refractivity contribution in [3.63, 3.8) is 0 Å². The highest BCUT2D eigenvalue weighted by molar-refractivity contribution is 5.82. The predicted molar refractivity (Wildman–Crippen MR) is 187 cm³/mol. The van der Waals surface area contributed by atoms with Gasteiger partial charge in [-0.3, -0.25) is 0 Å². The molecule has 0 fully saturated rings. The van der Waals surface area contributed by atoms with Gasteiger partial charge in [0.05, 0.1) is 11.9 Å². The van der Waals surface area contributed by atoms with Crippen molar-refractivity contribution >= 4 is 11.9 Å². The molecule has 0 aliphatic carbocycles. The maximum absolute atomic E-state index is 12.2. The summed E-state index contributed by atoms with van der Waals surface area (Å²) in [6, 6.07) is 0. The van der Waals surface area contributed by atoms with Crippen molar-refractivity contribution < 1.29 is 24.9 Å². The molecule has 5 nitrogen and oxygen atoms in total. The molecule has 0 aromatic carbocycles. The number of aliphatic hydroxyl groups excluding tert-OH is 1. The molecule has 0 rings (SSSR count). The smallest absolute Gasteiger partial charge is 0.104 e. The van der Waals surface area contributed by atoms with E-state index in [1.54, 1.807) is 0 Å². The van der Waals surface area contributed by atoms with Gasteiger partial charge in [0.15, 0.2) is 0 Å². The summed E-state index contributed by atoms with van der Waals surface area (Å²) in [7, 11) is 0. The second-order valence-electron chi connectivity index (χ2n) is 15.2. The van der Waals surface area contributed by atoms with Gasteiger partial charge in [0.25, 0.3) is 0 Å². The largest absolute Gasteiger partial charge is 0.549 e. The fraction of sp³-hybridized carbons (Fsp3) is 0.950. The zero-order valence-electron chi connectivity index (χ0n) is 30.5. The Labute approximate surface area is 280 Å². The van der Waals surface area contributed by atoms with Crippen LogP contribution in [0.25, 0.3) is 0 Å². The lowest BCUT2D eigenvalue weighted by Crippen LogP contribution is -2.56. The number of carbonyl (C=O) groups is 2. The Kier molecular flexibility index (Phi) is 29.5. The molecule has 1 N–H and O–H groups in total. The number of hydrogen-bond donors (Lipinski definition) is 1. The molecule has 0 radical (unpaired) electrons. The Morgan fingerprint density at radius 2 is 0.667 bits per heavy atom. The molecule has 0 aliphatic heterocycles. The molecule has 1 atom stereocenters. The van der Waals surface area contributed by atoms with Gasteiger partial charge in [-0.1, -0.05) is 207 Å². The van der Waals surface area contributed by atoms with Crippen LogP contribution >= 0.6 is 0 Å². The van der Waals surface area contributed by atoms with Crippen LogP contribution in [0, 0.1) is 17.3 Å². The number of rotatable bonds is 35. The van der Waals surface area contributed by atoms with Crippen LogP contribution in [0.15, 0.2) is 0 Å². The summed E-state index contributed by atoms with van der Waals surface area (Å²) in [5.74, 6) is -1.50. The molecule has 0 spiro atoms. The molecule has 1 unspecified atom stereocenters. The first kappa shape index (κ1) is 43.9. The van der Waals surface area contributed by atoms with E-state index >= 15 is 0 Å². The van der Waals surface area contributed by atoms with Crippen molar-refractivity contribution in [1.29, 1.82) is 0 Å². The second-order valence-corrected chi connectivity index (χ2v) is 15.2. The van der Waals surface area contributed by atoms with E-state index < -0.39 is 23.5 Å². The predicted octanol–water partition coefficient (Wildman–Crippen LogP) is 9.85. The molecule has 0 heterocycles. The molecule has 0 aliphatic rings. The number of carbonyl (C=O) groups excluding carboxylic acids is 2. The quantitative estimate of drug-likeness (QED) is 0.0698. The summed E-state index contributed by atoms with van der Waals surface area (Å²) >= 11 is 0. The Morgan fingerprint density at radius 1 is 0.444 bits per heavy atom. The van der Waals surface area contributed by atoms with E-state index in [2.05, 4.69) is 27.7 Å². The molecular formula is C40H76O5-2. The van der Waals surface area contributed by atoms with Crippen LogP contribution in [0.2, 0.25) is 0 Å². The molecule has 0 bridgehead atoms. The van der Waals surface area contributed by atoms with Crippen LogP contribution in [0.1, 0.15) is 220 Å². The molecule has 0 saturated heterocycles. The van der Waals surface area contributed by atoms with Gasteiger partial charge in [0, 0.05) is 5.41 Å². The fourth-order valence-electron chi connectivity index (χ4n) is 6.81. The van der Waals surface area contributed by atoms with Crippen molar-refractivity contribution in [1.82, 2.24) is 0 Å². The van der Waals surface area contributed by atoms with Gasteiger partial charge in [-0.05, 0) is 24.7 Å². The summed E-state index contributed by atoms with van der Waals surface area (Å²) < 4.78 is 0. The topological polar surface area (TPSA) is 100 Å². The summed E-state index contributed by atoms with van der Waals surface area (Å²) in [6.45, 7) is 9.19. The van der Waals surface area contributed by atoms with Crippen molar-refractivity contribution in [2.45, 2.75) is 226 Å².